The molecule has 0 unspecified atom stereocenters. The molecule has 6 nitrogen and oxygen atoms in total. The van der Waals surface area contributed by atoms with E-state index in [-0.39, 0.29) is 53.8 Å². The summed E-state index contributed by atoms with van der Waals surface area (Å²) in [5.74, 6) is -0.848. The lowest BCUT2D eigenvalue weighted by Crippen LogP contribution is -2.47. The van der Waals surface area contributed by atoms with Crippen LogP contribution < -0.4 is 5.32 Å². The molecule has 1 saturated carbocycles. The predicted octanol–water partition coefficient (Wildman–Crippen LogP) is 3.07. The van der Waals surface area contributed by atoms with Crippen LogP contribution in [0.5, 0.6) is 0 Å². The molecule has 1 aromatic carbocycles. The average Bonchev–Trinajstić information content (AvgIpc) is 3.45. The van der Waals surface area contributed by atoms with Gasteiger partial charge in [-0.05, 0) is 37.8 Å². The molecule has 0 spiro atoms. The van der Waals surface area contributed by atoms with Gasteiger partial charge in [-0.25, -0.2) is 13.8 Å². The lowest BCUT2D eigenvalue weighted by Gasteiger charge is -2.32. The number of aromatic nitrogens is 1. The third-order valence-corrected chi connectivity index (χ3v) is 5.43. The molecule has 1 saturated heterocycles. The molecule has 2 amide bonds. The molecule has 8 heteroatoms. The molecule has 1 aliphatic carbocycles. The molecule has 1 aromatic heterocycles. The monoisotopic (exact) mass is 403 g/mol. The van der Waals surface area contributed by atoms with E-state index in [9.17, 15) is 18.4 Å². The Morgan fingerprint density at radius 2 is 1.83 bits per heavy atom. The SMILES string of the molecule is O=C(CCc1ncc(-c2c(F)cccc2F)o1)NC1CCN(C(=O)C2CC2)CC1. The third-order valence-electron chi connectivity index (χ3n) is 5.43. The van der Waals surface area contributed by atoms with E-state index < -0.39 is 11.6 Å². The predicted molar refractivity (Wildman–Crippen MR) is 101 cm³/mol. The normalized spacial score (nSPS) is 17.4. The first-order chi connectivity index (χ1) is 14.0. The number of carbonyl (C=O) groups is 2. The Bertz CT molecular complexity index is 882. The van der Waals surface area contributed by atoms with Crippen molar-refractivity contribution in [3.8, 4) is 11.3 Å². The Labute approximate surface area is 167 Å². The second-order valence-electron chi connectivity index (χ2n) is 7.66. The van der Waals surface area contributed by atoms with E-state index in [0.717, 1.165) is 37.8 Å². The average molecular weight is 403 g/mol. The highest BCUT2D eigenvalue weighted by atomic mass is 19.1. The number of hydrogen-bond acceptors (Lipinski definition) is 4. The number of benzene rings is 1. The zero-order chi connectivity index (χ0) is 20.4. The number of carbonyl (C=O) groups excluding carboxylic acids is 2. The lowest BCUT2D eigenvalue weighted by molar-refractivity contribution is -0.133. The first-order valence-corrected chi connectivity index (χ1v) is 9.98. The quantitative estimate of drug-likeness (QED) is 0.804. The summed E-state index contributed by atoms with van der Waals surface area (Å²) < 4.78 is 33.1. The molecule has 0 radical (unpaired) electrons. The second kappa shape index (κ2) is 8.31. The van der Waals surface area contributed by atoms with E-state index in [1.807, 2.05) is 4.90 Å². The molecule has 0 bridgehead atoms. The van der Waals surface area contributed by atoms with Crippen LogP contribution in [0.2, 0.25) is 0 Å². The van der Waals surface area contributed by atoms with Crippen LogP contribution in [0.1, 0.15) is 38.0 Å². The van der Waals surface area contributed by atoms with Gasteiger partial charge >= 0.3 is 0 Å². The van der Waals surface area contributed by atoms with E-state index in [1.165, 1.54) is 12.3 Å². The van der Waals surface area contributed by atoms with Crippen molar-refractivity contribution in [3.05, 3.63) is 41.9 Å². The van der Waals surface area contributed by atoms with Crippen molar-refractivity contribution in [2.24, 2.45) is 5.92 Å². The molecule has 4 rings (SSSR count). The van der Waals surface area contributed by atoms with Gasteiger partial charge in [0.25, 0.3) is 0 Å². The van der Waals surface area contributed by atoms with Crippen LogP contribution >= 0.6 is 0 Å². The van der Waals surface area contributed by atoms with Gasteiger partial charge in [0.2, 0.25) is 11.8 Å². The number of nitrogens with zero attached hydrogens (tertiary/aromatic N) is 2. The Morgan fingerprint density at radius 3 is 2.48 bits per heavy atom. The summed E-state index contributed by atoms with van der Waals surface area (Å²) in [5, 5.41) is 2.98. The van der Waals surface area contributed by atoms with E-state index in [4.69, 9.17) is 4.42 Å². The van der Waals surface area contributed by atoms with Crippen LogP contribution in [0.15, 0.2) is 28.8 Å². The first kappa shape index (κ1) is 19.5. The topological polar surface area (TPSA) is 75.4 Å². The molecule has 1 N–H and O–H groups in total. The van der Waals surface area contributed by atoms with Gasteiger partial charge in [0.05, 0.1) is 11.8 Å². The van der Waals surface area contributed by atoms with Gasteiger partial charge in [-0.15, -0.1) is 0 Å². The molecular formula is C21H23F2N3O3. The fourth-order valence-corrected chi connectivity index (χ4v) is 3.63. The van der Waals surface area contributed by atoms with Crippen molar-refractivity contribution in [2.75, 3.05) is 13.1 Å². The minimum atomic E-state index is -0.725. The van der Waals surface area contributed by atoms with Crippen molar-refractivity contribution in [1.82, 2.24) is 15.2 Å². The number of halogens is 2. The number of hydrogen-bond donors (Lipinski definition) is 1. The van der Waals surface area contributed by atoms with Crippen molar-refractivity contribution >= 4 is 11.8 Å². The van der Waals surface area contributed by atoms with E-state index in [2.05, 4.69) is 10.3 Å². The van der Waals surface area contributed by atoms with Crippen LogP contribution in [0.25, 0.3) is 11.3 Å². The summed E-state index contributed by atoms with van der Waals surface area (Å²) in [4.78, 5) is 30.2. The fourth-order valence-electron chi connectivity index (χ4n) is 3.63. The lowest BCUT2D eigenvalue weighted by atomic mass is 10.0. The smallest absolute Gasteiger partial charge is 0.225 e. The highest BCUT2D eigenvalue weighted by molar-refractivity contribution is 5.81. The zero-order valence-corrected chi connectivity index (χ0v) is 16.0. The molecule has 2 heterocycles. The Kier molecular flexibility index (Phi) is 5.60. The number of likely N-dealkylation sites (tertiary alicyclic amines) is 1. The van der Waals surface area contributed by atoms with E-state index >= 15 is 0 Å². The van der Waals surface area contributed by atoms with Crippen molar-refractivity contribution in [3.63, 3.8) is 0 Å². The Hall–Kier alpha value is -2.77. The number of aryl methyl sites for hydroxylation is 1. The molecule has 154 valence electrons. The maximum Gasteiger partial charge on any atom is 0.225 e. The molecule has 2 aliphatic rings. The second-order valence-corrected chi connectivity index (χ2v) is 7.66. The van der Waals surface area contributed by atoms with Gasteiger partial charge in [0, 0.05) is 37.9 Å². The Balaban J connectivity index is 1.24. The molecule has 2 aromatic rings. The zero-order valence-electron chi connectivity index (χ0n) is 16.0. The van der Waals surface area contributed by atoms with Gasteiger partial charge in [-0.1, -0.05) is 6.07 Å². The molecule has 0 atom stereocenters. The van der Waals surface area contributed by atoms with E-state index in [0.29, 0.717) is 13.1 Å². The fraction of sp³-hybridized carbons (Fsp3) is 0.476. The maximum atomic E-state index is 13.8. The molecular weight excluding hydrogens is 380 g/mol. The van der Waals surface area contributed by atoms with Gasteiger partial charge in [0.15, 0.2) is 11.7 Å². The molecule has 2 fully saturated rings. The Morgan fingerprint density at radius 1 is 1.14 bits per heavy atom. The number of nitrogens with one attached hydrogen (secondary N) is 1. The van der Waals surface area contributed by atoms with Gasteiger partial charge < -0.3 is 14.6 Å². The highest BCUT2D eigenvalue weighted by Gasteiger charge is 2.35. The maximum absolute atomic E-state index is 13.8. The van der Waals surface area contributed by atoms with Crippen LogP contribution in [-0.4, -0.2) is 40.8 Å². The summed E-state index contributed by atoms with van der Waals surface area (Å²) in [6.45, 7) is 1.36. The summed E-state index contributed by atoms with van der Waals surface area (Å²) in [6.07, 6.45) is 5.17. The summed E-state index contributed by atoms with van der Waals surface area (Å²) in [7, 11) is 0. The standard InChI is InChI=1S/C21H23F2N3O3/c22-15-2-1-3-16(23)20(15)17-12-24-19(29-17)7-6-18(27)25-14-8-10-26(11-9-14)21(28)13-4-5-13/h1-3,12-14H,4-11H2,(H,25,27). The number of rotatable bonds is 6. The van der Waals surface area contributed by atoms with Crippen LogP contribution in [0.4, 0.5) is 8.78 Å². The first-order valence-electron chi connectivity index (χ1n) is 9.98. The largest absolute Gasteiger partial charge is 0.441 e. The number of amides is 2. The van der Waals surface area contributed by atoms with Gasteiger partial charge in [0.1, 0.15) is 11.6 Å². The van der Waals surface area contributed by atoms with Gasteiger partial charge in [-0.3, -0.25) is 9.59 Å². The van der Waals surface area contributed by atoms with Gasteiger partial charge in [-0.2, -0.15) is 0 Å². The summed E-state index contributed by atoms with van der Waals surface area (Å²) in [5.41, 5.74) is -0.261. The number of oxazole rings is 1. The summed E-state index contributed by atoms with van der Waals surface area (Å²) in [6, 6.07) is 3.63. The van der Waals surface area contributed by atoms with Crippen molar-refractivity contribution in [1.29, 1.82) is 0 Å². The van der Waals surface area contributed by atoms with Crippen molar-refractivity contribution in [2.45, 2.75) is 44.6 Å². The van der Waals surface area contributed by atoms with E-state index in [1.54, 1.807) is 0 Å². The number of piperidine rings is 1. The molecule has 29 heavy (non-hydrogen) atoms. The summed E-state index contributed by atoms with van der Waals surface area (Å²) >= 11 is 0. The molecule has 1 aliphatic heterocycles. The highest BCUT2D eigenvalue weighted by Crippen LogP contribution is 2.32. The minimum absolute atomic E-state index is 0.00344. The van der Waals surface area contributed by atoms with Crippen LogP contribution in [-0.2, 0) is 16.0 Å². The third kappa shape index (κ3) is 4.63. The van der Waals surface area contributed by atoms with Crippen molar-refractivity contribution < 1.29 is 22.8 Å². The van der Waals surface area contributed by atoms with Crippen LogP contribution in [0, 0.1) is 17.6 Å². The van der Waals surface area contributed by atoms with Crippen LogP contribution in [0.3, 0.4) is 0 Å². The minimum Gasteiger partial charge on any atom is -0.441 e.